The summed E-state index contributed by atoms with van der Waals surface area (Å²) in [4.78, 5) is 4.02. The van der Waals surface area contributed by atoms with Crippen LogP contribution in [0.5, 0.6) is 0 Å². The molecule has 2 rings (SSSR count). The van der Waals surface area contributed by atoms with Crippen LogP contribution in [0, 0.1) is 0 Å². The molecular weight excluding hydrogens is 268 g/mol. The number of benzene rings is 1. The van der Waals surface area contributed by atoms with Crippen LogP contribution in [0.4, 0.5) is 0 Å². The van der Waals surface area contributed by atoms with E-state index in [1.165, 1.54) is 0 Å². The molecule has 1 aromatic carbocycles. The fourth-order valence-corrected chi connectivity index (χ4v) is 2.15. The number of imidazole rings is 1. The number of halogens is 1. The normalized spacial score (nSPS) is 12.7. The molecule has 84 valence electrons. The average Bonchev–Trinajstić information content (AvgIpc) is 2.81. The fourth-order valence-electron chi connectivity index (χ4n) is 1.55. The molecule has 16 heavy (non-hydrogen) atoms. The minimum atomic E-state index is 0.160. The van der Waals surface area contributed by atoms with Crippen molar-refractivity contribution in [3.8, 4) is 5.69 Å². The van der Waals surface area contributed by atoms with Gasteiger partial charge in [-0.15, -0.1) is 0 Å². The van der Waals surface area contributed by atoms with Gasteiger partial charge in [-0.05, 0) is 33.6 Å². The number of rotatable bonds is 3. The predicted molar refractivity (Wildman–Crippen MR) is 66.8 cm³/mol. The summed E-state index contributed by atoms with van der Waals surface area (Å²) in [5, 5.41) is 9.10. The lowest BCUT2D eigenvalue weighted by Crippen LogP contribution is -2.00. The van der Waals surface area contributed by atoms with Crippen LogP contribution in [-0.4, -0.2) is 21.3 Å². The summed E-state index contributed by atoms with van der Waals surface area (Å²) in [6, 6.07) is 6.09. The minimum absolute atomic E-state index is 0.160. The number of aliphatic hydroxyl groups is 1. The zero-order valence-corrected chi connectivity index (χ0v) is 10.6. The minimum Gasteiger partial charge on any atom is -0.396 e. The molecule has 0 aliphatic carbocycles. The van der Waals surface area contributed by atoms with Crippen molar-refractivity contribution in [2.45, 2.75) is 12.8 Å². The quantitative estimate of drug-likeness (QED) is 0.939. The molecule has 0 spiro atoms. The largest absolute Gasteiger partial charge is 0.396 e. The van der Waals surface area contributed by atoms with Crippen molar-refractivity contribution in [3.05, 3.63) is 47.0 Å². The lowest BCUT2D eigenvalue weighted by atomic mass is 10.0. The Hall–Kier alpha value is -1.13. The van der Waals surface area contributed by atoms with Gasteiger partial charge in [0.1, 0.15) is 0 Å². The van der Waals surface area contributed by atoms with Crippen LogP contribution in [0.1, 0.15) is 18.4 Å². The summed E-state index contributed by atoms with van der Waals surface area (Å²) in [6.07, 6.45) is 5.40. The van der Waals surface area contributed by atoms with Crippen LogP contribution in [0.2, 0.25) is 0 Å². The molecule has 1 atom stereocenters. The standard InChI is InChI=1S/C12H13BrN2O/c1-9(7-16)10-2-3-12(11(13)6-10)15-5-4-14-8-15/h2-6,8-9,16H,7H2,1H3. The lowest BCUT2D eigenvalue weighted by Gasteiger charge is -2.11. The molecule has 0 bridgehead atoms. The van der Waals surface area contributed by atoms with E-state index >= 15 is 0 Å². The van der Waals surface area contributed by atoms with E-state index in [1.54, 1.807) is 12.5 Å². The summed E-state index contributed by atoms with van der Waals surface area (Å²) in [7, 11) is 0. The summed E-state index contributed by atoms with van der Waals surface area (Å²) in [5.41, 5.74) is 2.17. The van der Waals surface area contributed by atoms with E-state index in [-0.39, 0.29) is 12.5 Å². The van der Waals surface area contributed by atoms with Gasteiger partial charge < -0.3 is 9.67 Å². The molecule has 4 heteroatoms. The van der Waals surface area contributed by atoms with Gasteiger partial charge in [0.2, 0.25) is 0 Å². The van der Waals surface area contributed by atoms with Gasteiger partial charge in [-0.1, -0.05) is 13.0 Å². The van der Waals surface area contributed by atoms with Crippen LogP contribution >= 0.6 is 15.9 Å². The van der Waals surface area contributed by atoms with Crippen molar-refractivity contribution in [1.82, 2.24) is 9.55 Å². The summed E-state index contributed by atoms with van der Waals surface area (Å²) < 4.78 is 2.94. The molecule has 0 saturated heterocycles. The van der Waals surface area contributed by atoms with Gasteiger partial charge in [0.25, 0.3) is 0 Å². The zero-order chi connectivity index (χ0) is 11.5. The van der Waals surface area contributed by atoms with Crippen LogP contribution in [-0.2, 0) is 0 Å². The Morgan fingerprint density at radius 2 is 2.31 bits per heavy atom. The molecule has 1 aromatic heterocycles. The van der Waals surface area contributed by atoms with Crippen molar-refractivity contribution < 1.29 is 5.11 Å². The maximum absolute atomic E-state index is 9.10. The van der Waals surface area contributed by atoms with E-state index in [0.29, 0.717) is 0 Å². The van der Waals surface area contributed by atoms with E-state index in [9.17, 15) is 0 Å². The summed E-state index contributed by atoms with van der Waals surface area (Å²) >= 11 is 3.54. The Morgan fingerprint density at radius 1 is 1.50 bits per heavy atom. The van der Waals surface area contributed by atoms with Crippen molar-refractivity contribution in [2.75, 3.05) is 6.61 Å². The first-order valence-electron chi connectivity index (χ1n) is 5.11. The lowest BCUT2D eigenvalue weighted by molar-refractivity contribution is 0.273. The maximum atomic E-state index is 9.10. The fraction of sp³-hybridized carbons (Fsp3) is 0.250. The summed E-state index contributed by atoms with van der Waals surface area (Å²) in [6.45, 7) is 2.16. The van der Waals surface area contributed by atoms with E-state index in [4.69, 9.17) is 5.11 Å². The summed E-state index contributed by atoms with van der Waals surface area (Å²) in [5.74, 6) is 0.160. The second kappa shape index (κ2) is 4.80. The Bertz CT molecular complexity index is 468. The number of nitrogens with zero attached hydrogens (tertiary/aromatic N) is 2. The number of aliphatic hydroxyl groups excluding tert-OH is 1. The third-order valence-electron chi connectivity index (χ3n) is 2.60. The SMILES string of the molecule is CC(CO)c1ccc(-n2ccnc2)c(Br)c1. The van der Waals surface area contributed by atoms with Crippen molar-refractivity contribution in [3.63, 3.8) is 0 Å². The number of hydrogen-bond acceptors (Lipinski definition) is 2. The molecule has 1 unspecified atom stereocenters. The molecule has 0 aliphatic heterocycles. The molecule has 0 fully saturated rings. The first-order valence-corrected chi connectivity index (χ1v) is 5.90. The first-order chi connectivity index (χ1) is 7.72. The van der Waals surface area contributed by atoms with Gasteiger partial charge in [0.05, 0.1) is 12.0 Å². The zero-order valence-electron chi connectivity index (χ0n) is 8.97. The van der Waals surface area contributed by atoms with Gasteiger partial charge in [-0.3, -0.25) is 0 Å². The average molecular weight is 281 g/mol. The van der Waals surface area contributed by atoms with Crippen molar-refractivity contribution >= 4 is 15.9 Å². The van der Waals surface area contributed by atoms with Gasteiger partial charge in [0, 0.05) is 29.4 Å². The van der Waals surface area contributed by atoms with Crippen molar-refractivity contribution in [2.24, 2.45) is 0 Å². The highest BCUT2D eigenvalue weighted by atomic mass is 79.9. The first kappa shape index (κ1) is 11.4. The van der Waals surface area contributed by atoms with Gasteiger partial charge >= 0.3 is 0 Å². The molecule has 0 radical (unpaired) electrons. The highest BCUT2D eigenvalue weighted by molar-refractivity contribution is 9.10. The predicted octanol–water partition coefficient (Wildman–Crippen LogP) is 2.73. The molecule has 0 amide bonds. The monoisotopic (exact) mass is 280 g/mol. The van der Waals surface area contributed by atoms with E-state index in [0.717, 1.165) is 15.7 Å². The Kier molecular flexibility index (Phi) is 3.41. The number of aromatic nitrogens is 2. The van der Waals surface area contributed by atoms with E-state index in [2.05, 4.69) is 20.9 Å². The second-order valence-electron chi connectivity index (χ2n) is 3.76. The van der Waals surface area contributed by atoms with Crippen molar-refractivity contribution in [1.29, 1.82) is 0 Å². The van der Waals surface area contributed by atoms with Gasteiger partial charge in [0.15, 0.2) is 0 Å². The maximum Gasteiger partial charge on any atom is 0.0992 e. The van der Waals surface area contributed by atoms with Crippen LogP contribution < -0.4 is 0 Å². The van der Waals surface area contributed by atoms with Gasteiger partial charge in [-0.2, -0.15) is 0 Å². The highest BCUT2D eigenvalue weighted by Crippen LogP contribution is 2.25. The van der Waals surface area contributed by atoms with Crippen LogP contribution in [0.15, 0.2) is 41.4 Å². The molecular formula is C12H13BrN2O. The Labute approximate surface area is 103 Å². The Balaban J connectivity index is 2.37. The Morgan fingerprint density at radius 3 is 2.88 bits per heavy atom. The van der Waals surface area contributed by atoms with Crippen LogP contribution in [0.25, 0.3) is 5.69 Å². The van der Waals surface area contributed by atoms with Crippen LogP contribution in [0.3, 0.4) is 0 Å². The van der Waals surface area contributed by atoms with Gasteiger partial charge in [-0.25, -0.2) is 4.98 Å². The van der Waals surface area contributed by atoms with E-state index in [1.807, 2.05) is 35.9 Å². The van der Waals surface area contributed by atoms with E-state index < -0.39 is 0 Å². The molecule has 0 aliphatic rings. The third kappa shape index (κ3) is 2.18. The third-order valence-corrected chi connectivity index (χ3v) is 3.23. The smallest absolute Gasteiger partial charge is 0.0992 e. The topological polar surface area (TPSA) is 38.0 Å². The molecule has 1 heterocycles. The number of hydrogen-bond donors (Lipinski definition) is 1. The molecule has 2 aromatic rings. The highest BCUT2D eigenvalue weighted by Gasteiger charge is 2.07. The molecule has 1 N–H and O–H groups in total. The second-order valence-corrected chi connectivity index (χ2v) is 4.62. The molecule has 3 nitrogen and oxygen atoms in total. The molecule has 0 saturated carbocycles.